The first-order valence-electron chi connectivity index (χ1n) is 13.6. The highest BCUT2D eigenvalue weighted by Gasteiger charge is 2.55. The Kier molecular flexibility index (Phi) is 9.31. The Hall–Kier alpha value is -3.54. The van der Waals surface area contributed by atoms with Crippen LogP contribution in [-0.4, -0.2) is 79.5 Å². The van der Waals surface area contributed by atoms with Crippen LogP contribution in [0.1, 0.15) is 49.0 Å². The summed E-state index contributed by atoms with van der Waals surface area (Å²) in [5.41, 5.74) is 0.230. The van der Waals surface area contributed by atoms with Gasteiger partial charge in [-0.3, -0.25) is 9.69 Å². The predicted molar refractivity (Wildman–Crippen MR) is 143 cm³/mol. The number of carbonyl (C=O) groups excluding carboxylic acids is 2. The fourth-order valence-electron chi connectivity index (χ4n) is 5.42. The standard InChI is InChI=1S/C29H36F3N3O6/c1-19(2)18-40-22-8-6-5-7-20(22)17-34-14-11-28(12-15-34)13-16-35(26(28)41-27(37)29(30,31)32)25(36)21-9-10-23(38-3)33-24(21)39-4/h5-10,19,26H,11-18H2,1-4H3. The lowest BCUT2D eigenvalue weighted by atomic mass is 9.76. The minimum absolute atomic E-state index is 0.0360. The number of ether oxygens (including phenoxy) is 4. The number of carbonyl (C=O) groups is 2. The number of piperidine rings is 1. The Labute approximate surface area is 237 Å². The van der Waals surface area contributed by atoms with Gasteiger partial charge in [0.05, 0.1) is 20.8 Å². The SMILES string of the molecule is COc1ccc(C(=O)N2CCC3(CCN(Cc4ccccc4OCC(C)C)CC3)C2OC(=O)C(F)(F)F)c(OC)n1. The van der Waals surface area contributed by atoms with Gasteiger partial charge in [0, 0.05) is 30.1 Å². The average molecular weight is 580 g/mol. The van der Waals surface area contributed by atoms with Crippen LogP contribution in [0, 0.1) is 11.3 Å². The predicted octanol–water partition coefficient (Wildman–Crippen LogP) is 4.69. The van der Waals surface area contributed by atoms with Crippen LogP contribution in [0.2, 0.25) is 0 Å². The van der Waals surface area contributed by atoms with Crippen LogP contribution in [0.25, 0.3) is 0 Å². The van der Waals surface area contributed by atoms with Gasteiger partial charge < -0.3 is 23.8 Å². The Morgan fingerprint density at radius 1 is 1.02 bits per heavy atom. The topological polar surface area (TPSA) is 90.4 Å². The molecule has 224 valence electrons. The van der Waals surface area contributed by atoms with Crippen LogP contribution in [-0.2, 0) is 16.1 Å². The summed E-state index contributed by atoms with van der Waals surface area (Å²) in [5.74, 6) is -1.61. The second kappa shape index (κ2) is 12.5. The lowest BCUT2D eigenvalue weighted by Gasteiger charge is -2.43. The summed E-state index contributed by atoms with van der Waals surface area (Å²) in [6, 6.07) is 10.7. The van der Waals surface area contributed by atoms with Gasteiger partial charge in [-0.25, -0.2) is 4.79 Å². The maximum Gasteiger partial charge on any atom is 0.491 e. The summed E-state index contributed by atoms with van der Waals surface area (Å²) in [5, 5.41) is 0. The molecule has 0 saturated carbocycles. The maximum atomic E-state index is 13.6. The van der Waals surface area contributed by atoms with E-state index in [0.29, 0.717) is 51.4 Å². The van der Waals surface area contributed by atoms with Crippen molar-refractivity contribution in [2.24, 2.45) is 11.3 Å². The van der Waals surface area contributed by atoms with Crippen molar-refractivity contribution in [3.8, 4) is 17.5 Å². The number of halogens is 3. The van der Waals surface area contributed by atoms with Crippen molar-refractivity contribution < 1.29 is 41.7 Å². The number of hydrogen-bond donors (Lipinski definition) is 0. The zero-order chi connectivity index (χ0) is 29.8. The number of pyridine rings is 1. The van der Waals surface area contributed by atoms with Crippen molar-refractivity contribution in [3.63, 3.8) is 0 Å². The van der Waals surface area contributed by atoms with Crippen LogP contribution in [0.15, 0.2) is 36.4 Å². The highest BCUT2D eigenvalue weighted by molar-refractivity contribution is 5.97. The van der Waals surface area contributed by atoms with Gasteiger partial charge in [-0.15, -0.1) is 0 Å². The van der Waals surface area contributed by atoms with Crippen molar-refractivity contribution in [2.45, 2.75) is 52.1 Å². The van der Waals surface area contributed by atoms with Gasteiger partial charge in [-0.2, -0.15) is 18.2 Å². The van der Waals surface area contributed by atoms with Crippen molar-refractivity contribution >= 4 is 11.9 Å². The third kappa shape index (κ3) is 6.86. The number of amides is 1. The molecule has 12 heteroatoms. The van der Waals surface area contributed by atoms with Gasteiger partial charge in [0.15, 0.2) is 6.23 Å². The number of rotatable bonds is 9. The number of hydrogen-bond acceptors (Lipinski definition) is 8. The molecule has 2 fully saturated rings. The zero-order valence-corrected chi connectivity index (χ0v) is 23.7. The molecule has 9 nitrogen and oxygen atoms in total. The van der Waals surface area contributed by atoms with E-state index in [1.54, 1.807) is 0 Å². The monoisotopic (exact) mass is 579 g/mol. The summed E-state index contributed by atoms with van der Waals surface area (Å²) in [7, 11) is 2.73. The molecule has 3 heterocycles. The zero-order valence-electron chi connectivity index (χ0n) is 23.7. The number of methoxy groups -OCH3 is 2. The summed E-state index contributed by atoms with van der Waals surface area (Å²) >= 11 is 0. The quantitative estimate of drug-likeness (QED) is 0.396. The molecule has 41 heavy (non-hydrogen) atoms. The molecule has 2 aliphatic heterocycles. The number of alkyl halides is 3. The van der Waals surface area contributed by atoms with Crippen molar-refractivity contribution in [1.82, 2.24) is 14.8 Å². The molecular formula is C29H36F3N3O6. The van der Waals surface area contributed by atoms with Crippen molar-refractivity contribution in [3.05, 3.63) is 47.5 Å². The molecule has 1 unspecified atom stereocenters. The van der Waals surface area contributed by atoms with Gasteiger partial charge in [-0.1, -0.05) is 32.0 Å². The van der Waals surface area contributed by atoms with Crippen LogP contribution < -0.4 is 14.2 Å². The minimum Gasteiger partial charge on any atom is -0.493 e. The Balaban J connectivity index is 1.54. The molecule has 0 bridgehead atoms. The number of para-hydroxylation sites is 1. The van der Waals surface area contributed by atoms with E-state index < -0.39 is 29.7 Å². The highest BCUT2D eigenvalue weighted by atomic mass is 19.4. The molecule has 4 rings (SSSR count). The first-order valence-corrected chi connectivity index (χ1v) is 13.6. The summed E-state index contributed by atoms with van der Waals surface area (Å²) in [6.07, 6.45) is -5.31. The number of nitrogens with zero attached hydrogens (tertiary/aromatic N) is 3. The molecule has 2 aliphatic rings. The molecule has 1 amide bonds. The van der Waals surface area contributed by atoms with Crippen LogP contribution in [0.3, 0.4) is 0 Å². The fourth-order valence-corrected chi connectivity index (χ4v) is 5.42. The summed E-state index contributed by atoms with van der Waals surface area (Å²) in [4.78, 5) is 33.2. The molecule has 0 N–H and O–H groups in total. The van der Waals surface area contributed by atoms with E-state index in [1.807, 2.05) is 24.3 Å². The van der Waals surface area contributed by atoms with Crippen LogP contribution in [0.4, 0.5) is 13.2 Å². The van der Waals surface area contributed by atoms with E-state index >= 15 is 0 Å². The number of likely N-dealkylation sites (tertiary alicyclic amines) is 2. The lowest BCUT2D eigenvalue weighted by molar-refractivity contribution is -0.217. The van der Waals surface area contributed by atoms with Gasteiger partial charge in [0.1, 0.15) is 11.3 Å². The van der Waals surface area contributed by atoms with E-state index in [1.165, 1.54) is 31.3 Å². The van der Waals surface area contributed by atoms with Gasteiger partial charge in [0.25, 0.3) is 5.91 Å². The smallest absolute Gasteiger partial charge is 0.491 e. The van der Waals surface area contributed by atoms with E-state index in [9.17, 15) is 22.8 Å². The third-order valence-electron chi connectivity index (χ3n) is 7.63. The highest BCUT2D eigenvalue weighted by Crippen LogP contribution is 2.47. The van der Waals surface area contributed by atoms with Crippen molar-refractivity contribution in [2.75, 3.05) is 40.5 Å². The van der Waals surface area contributed by atoms with Crippen LogP contribution >= 0.6 is 0 Å². The third-order valence-corrected chi connectivity index (χ3v) is 7.63. The molecule has 2 aromatic rings. The molecule has 1 aromatic carbocycles. The first kappa shape index (κ1) is 30.4. The molecule has 1 spiro atoms. The van der Waals surface area contributed by atoms with Gasteiger partial charge in [0.2, 0.25) is 11.8 Å². The molecular weight excluding hydrogens is 543 g/mol. The normalized spacial score (nSPS) is 18.9. The van der Waals surface area contributed by atoms with E-state index in [-0.39, 0.29) is 23.9 Å². The average Bonchev–Trinajstić information content (AvgIpc) is 3.29. The fraction of sp³-hybridized carbons (Fsp3) is 0.552. The van der Waals surface area contributed by atoms with Gasteiger partial charge >= 0.3 is 12.1 Å². The molecule has 2 saturated heterocycles. The lowest BCUT2D eigenvalue weighted by Crippen LogP contribution is -2.51. The van der Waals surface area contributed by atoms with E-state index in [0.717, 1.165) is 11.3 Å². The maximum absolute atomic E-state index is 13.6. The first-order chi connectivity index (χ1) is 19.5. The summed E-state index contributed by atoms with van der Waals surface area (Å²) < 4.78 is 61.4. The second-order valence-electron chi connectivity index (χ2n) is 10.9. The number of aromatic nitrogens is 1. The Morgan fingerprint density at radius 3 is 2.34 bits per heavy atom. The minimum atomic E-state index is -5.20. The van der Waals surface area contributed by atoms with Gasteiger partial charge in [-0.05, 0) is 50.4 Å². The largest absolute Gasteiger partial charge is 0.493 e. The summed E-state index contributed by atoms with van der Waals surface area (Å²) in [6.45, 7) is 6.56. The van der Waals surface area contributed by atoms with E-state index in [4.69, 9.17) is 18.9 Å². The van der Waals surface area contributed by atoms with Crippen LogP contribution in [0.5, 0.6) is 17.5 Å². The molecule has 0 aliphatic carbocycles. The second-order valence-corrected chi connectivity index (χ2v) is 10.9. The molecule has 1 aromatic heterocycles. The van der Waals surface area contributed by atoms with E-state index in [2.05, 4.69) is 23.7 Å². The molecule has 1 atom stereocenters. The number of esters is 1. The number of benzene rings is 1. The Morgan fingerprint density at radius 2 is 1.71 bits per heavy atom. The molecule has 0 radical (unpaired) electrons. The van der Waals surface area contributed by atoms with Crippen molar-refractivity contribution in [1.29, 1.82) is 0 Å². The Bertz CT molecular complexity index is 1230.